The summed E-state index contributed by atoms with van der Waals surface area (Å²) in [5.41, 5.74) is 7.03. The molecule has 0 radical (unpaired) electrons. The van der Waals surface area contributed by atoms with Gasteiger partial charge < -0.3 is 10.6 Å². The summed E-state index contributed by atoms with van der Waals surface area (Å²) in [5.74, 6) is 0.120. The second-order valence-electron chi connectivity index (χ2n) is 4.39. The molecule has 0 saturated heterocycles. The third-order valence-electron chi connectivity index (χ3n) is 2.90. The zero-order valence-corrected chi connectivity index (χ0v) is 12.0. The highest BCUT2D eigenvalue weighted by atomic mass is 35.5. The first kappa shape index (κ1) is 16.9. The fourth-order valence-corrected chi connectivity index (χ4v) is 1.68. The van der Waals surface area contributed by atoms with Crippen molar-refractivity contribution in [2.24, 2.45) is 5.73 Å². The van der Waals surface area contributed by atoms with Crippen LogP contribution in [0, 0.1) is 0 Å². The molecule has 0 spiro atoms. The number of hydrogen-bond donors (Lipinski definition) is 1. The van der Waals surface area contributed by atoms with E-state index in [9.17, 15) is 4.79 Å². The summed E-state index contributed by atoms with van der Waals surface area (Å²) >= 11 is 0. The van der Waals surface area contributed by atoms with Gasteiger partial charge in [-0.3, -0.25) is 4.79 Å². The lowest BCUT2D eigenvalue weighted by atomic mass is 10.0. The fourth-order valence-electron chi connectivity index (χ4n) is 1.68. The molecule has 0 aromatic heterocycles. The van der Waals surface area contributed by atoms with Gasteiger partial charge in [0.25, 0.3) is 0 Å². The van der Waals surface area contributed by atoms with Crippen LogP contribution in [0.2, 0.25) is 0 Å². The van der Waals surface area contributed by atoms with Gasteiger partial charge in [-0.15, -0.1) is 12.4 Å². The molecule has 0 aliphatic rings. The summed E-state index contributed by atoms with van der Waals surface area (Å²) in [6, 6.07) is 9.56. The topological polar surface area (TPSA) is 46.3 Å². The fraction of sp³-hybridized carbons (Fsp3) is 0.500. The normalized spacial score (nSPS) is 11.5. The molecule has 102 valence electrons. The van der Waals surface area contributed by atoms with E-state index in [1.165, 1.54) is 0 Å². The van der Waals surface area contributed by atoms with E-state index >= 15 is 0 Å². The van der Waals surface area contributed by atoms with Gasteiger partial charge >= 0.3 is 0 Å². The second-order valence-corrected chi connectivity index (χ2v) is 4.39. The van der Waals surface area contributed by atoms with Crippen molar-refractivity contribution in [3.05, 3.63) is 35.9 Å². The van der Waals surface area contributed by atoms with E-state index in [4.69, 9.17) is 5.73 Å². The summed E-state index contributed by atoms with van der Waals surface area (Å²) in [6.07, 6.45) is 2.52. The van der Waals surface area contributed by atoms with E-state index in [0.29, 0.717) is 6.42 Å². The number of carbonyl (C=O) groups is 1. The van der Waals surface area contributed by atoms with Crippen LogP contribution in [0.15, 0.2) is 30.3 Å². The quantitative estimate of drug-likeness (QED) is 0.864. The molecule has 1 aromatic rings. The smallest absolute Gasteiger partial charge is 0.224 e. The largest absolute Gasteiger partial charge is 0.346 e. The standard InChI is InChI=1S/C14H22N2O.ClH/c1-3-4-10-16(2)14(17)11-13(15)12-8-6-5-7-9-12;/h5-9,13H,3-4,10-11,15H2,1-2H3;1H. The Morgan fingerprint density at radius 1 is 1.33 bits per heavy atom. The van der Waals surface area contributed by atoms with Crippen LogP contribution in [0.5, 0.6) is 0 Å². The van der Waals surface area contributed by atoms with Gasteiger partial charge in [-0.25, -0.2) is 0 Å². The summed E-state index contributed by atoms with van der Waals surface area (Å²) in [7, 11) is 1.84. The Hall–Kier alpha value is -1.06. The molecule has 3 nitrogen and oxygen atoms in total. The number of amides is 1. The molecule has 1 unspecified atom stereocenters. The highest BCUT2D eigenvalue weighted by Gasteiger charge is 2.14. The predicted octanol–water partition coefficient (Wildman–Crippen LogP) is 2.76. The Labute approximate surface area is 116 Å². The van der Waals surface area contributed by atoms with Gasteiger partial charge in [0.15, 0.2) is 0 Å². The minimum atomic E-state index is -0.201. The molecule has 18 heavy (non-hydrogen) atoms. The molecule has 1 atom stereocenters. The maximum atomic E-state index is 11.9. The van der Waals surface area contributed by atoms with Crippen molar-refractivity contribution in [1.29, 1.82) is 0 Å². The summed E-state index contributed by atoms with van der Waals surface area (Å²) in [6.45, 7) is 2.94. The molecule has 2 N–H and O–H groups in total. The molecular weight excluding hydrogens is 248 g/mol. The van der Waals surface area contributed by atoms with E-state index in [-0.39, 0.29) is 24.4 Å². The number of nitrogens with zero attached hydrogens (tertiary/aromatic N) is 1. The monoisotopic (exact) mass is 270 g/mol. The molecule has 0 aliphatic carbocycles. The Balaban J connectivity index is 0.00000289. The van der Waals surface area contributed by atoms with Gasteiger partial charge in [-0.05, 0) is 12.0 Å². The highest BCUT2D eigenvalue weighted by Crippen LogP contribution is 2.14. The van der Waals surface area contributed by atoms with Crippen molar-refractivity contribution < 1.29 is 4.79 Å². The lowest BCUT2D eigenvalue weighted by Gasteiger charge is -2.19. The number of nitrogens with two attached hydrogens (primary N) is 1. The number of rotatable bonds is 6. The molecule has 1 amide bonds. The summed E-state index contributed by atoms with van der Waals surface area (Å²) in [5, 5.41) is 0. The van der Waals surface area contributed by atoms with E-state index in [1.54, 1.807) is 4.90 Å². The van der Waals surface area contributed by atoms with Crippen molar-refractivity contribution in [3.8, 4) is 0 Å². The maximum absolute atomic E-state index is 11.9. The molecule has 0 bridgehead atoms. The van der Waals surface area contributed by atoms with Crippen LogP contribution in [0.25, 0.3) is 0 Å². The molecule has 0 heterocycles. The van der Waals surface area contributed by atoms with Crippen LogP contribution in [0.3, 0.4) is 0 Å². The van der Waals surface area contributed by atoms with Crippen molar-refractivity contribution in [1.82, 2.24) is 4.90 Å². The molecular formula is C14H23ClN2O. The highest BCUT2D eigenvalue weighted by molar-refractivity contribution is 5.85. The number of halogens is 1. The Morgan fingerprint density at radius 2 is 1.94 bits per heavy atom. The minimum absolute atomic E-state index is 0. The molecule has 0 aliphatic heterocycles. The van der Waals surface area contributed by atoms with Gasteiger partial charge in [0.2, 0.25) is 5.91 Å². The molecule has 1 rings (SSSR count). The van der Waals surface area contributed by atoms with E-state index < -0.39 is 0 Å². The van der Waals surface area contributed by atoms with Crippen molar-refractivity contribution >= 4 is 18.3 Å². The first-order valence-corrected chi connectivity index (χ1v) is 6.19. The number of benzene rings is 1. The van der Waals surface area contributed by atoms with Gasteiger partial charge in [-0.1, -0.05) is 43.7 Å². The predicted molar refractivity (Wildman–Crippen MR) is 77.8 cm³/mol. The van der Waals surface area contributed by atoms with Crippen molar-refractivity contribution in [3.63, 3.8) is 0 Å². The second kappa shape index (κ2) is 8.95. The van der Waals surface area contributed by atoms with Gasteiger partial charge in [-0.2, -0.15) is 0 Å². The van der Waals surface area contributed by atoms with Crippen LogP contribution in [-0.2, 0) is 4.79 Å². The summed E-state index contributed by atoms with van der Waals surface area (Å²) in [4.78, 5) is 13.6. The maximum Gasteiger partial charge on any atom is 0.224 e. The average molecular weight is 271 g/mol. The lowest BCUT2D eigenvalue weighted by Crippen LogP contribution is -2.30. The number of carbonyl (C=O) groups excluding carboxylic acids is 1. The van der Waals surface area contributed by atoms with Gasteiger partial charge in [0.05, 0.1) is 0 Å². The van der Waals surface area contributed by atoms with Crippen molar-refractivity contribution in [2.45, 2.75) is 32.2 Å². The van der Waals surface area contributed by atoms with Crippen LogP contribution < -0.4 is 5.73 Å². The first-order chi connectivity index (χ1) is 8.15. The van der Waals surface area contributed by atoms with Gasteiger partial charge in [0, 0.05) is 26.1 Å². The van der Waals surface area contributed by atoms with E-state index in [0.717, 1.165) is 24.9 Å². The summed E-state index contributed by atoms with van der Waals surface area (Å²) < 4.78 is 0. The first-order valence-electron chi connectivity index (χ1n) is 6.19. The van der Waals surface area contributed by atoms with E-state index in [2.05, 4.69) is 6.92 Å². The Bertz CT molecular complexity index is 343. The molecule has 4 heteroatoms. The van der Waals surface area contributed by atoms with Crippen molar-refractivity contribution in [2.75, 3.05) is 13.6 Å². The van der Waals surface area contributed by atoms with Crippen LogP contribution in [-0.4, -0.2) is 24.4 Å². The zero-order valence-electron chi connectivity index (χ0n) is 11.1. The van der Waals surface area contributed by atoms with Crippen LogP contribution in [0.1, 0.15) is 37.8 Å². The number of hydrogen-bond acceptors (Lipinski definition) is 2. The van der Waals surface area contributed by atoms with Gasteiger partial charge in [0.1, 0.15) is 0 Å². The Morgan fingerprint density at radius 3 is 2.50 bits per heavy atom. The van der Waals surface area contributed by atoms with Crippen LogP contribution in [0.4, 0.5) is 0 Å². The van der Waals surface area contributed by atoms with Crippen LogP contribution >= 0.6 is 12.4 Å². The molecule has 0 saturated carbocycles. The Kier molecular flexibility index (Phi) is 8.42. The molecule has 0 fully saturated rings. The third kappa shape index (κ3) is 5.52. The lowest BCUT2D eigenvalue weighted by molar-refractivity contribution is -0.130. The SMILES string of the molecule is CCCCN(C)C(=O)CC(N)c1ccccc1.Cl. The van der Waals surface area contributed by atoms with E-state index in [1.807, 2.05) is 37.4 Å². The third-order valence-corrected chi connectivity index (χ3v) is 2.90. The zero-order chi connectivity index (χ0) is 12.7. The number of unbranched alkanes of at least 4 members (excludes halogenated alkanes) is 1. The minimum Gasteiger partial charge on any atom is -0.346 e. The molecule has 1 aromatic carbocycles. The average Bonchev–Trinajstić information content (AvgIpc) is 2.36.